The summed E-state index contributed by atoms with van der Waals surface area (Å²) in [5.74, 6) is -2.42. The van der Waals surface area contributed by atoms with Gasteiger partial charge in [0.25, 0.3) is 0 Å². The van der Waals surface area contributed by atoms with Gasteiger partial charge in [0.1, 0.15) is 34.8 Å². The number of halogens is 3. The molecular formula is C44H34BrF2N2O3P. The molecule has 0 radical (unpaired) electrons. The van der Waals surface area contributed by atoms with Crippen LogP contribution >= 0.6 is 7.26 Å². The molecule has 53 heavy (non-hydrogen) atoms. The summed E-state index contributed by atoms with van der Waals surface area (Å²) in [5, 5.41) is 16.6. The lowest BCUT2D eigenvalue weighted by Gasteiger charge is -2.27. The number of aromatic nitrogens is 1. The first-order chi connectivity index (χ1) is 25.2. The van der Waals surface area contributed by atoms with E-state index in [-0.39, 0.29) is 40.3 Å². The molecule has 1 heterocycles. The number of anilines is 1. The van der Waals surface area contributed by atoms with Crippen molar-refractivity contribution in [3.8, 4) is 22.4 Å². The Morgan fingerprint density at radius 2 is 1.25 bits per heavy atom. The van der Waals surface area contributed by atoms with Gasteiger partial charge in [0.05, 0.1) is 29.4 Å². The van der Waals surface area contributed by atoms with Crippen molar-refractivity contribution in [3.63, 3.8) is 0 Å². The van der Waals surface area contributed by atoms with Crippen molar-refractivity contribution in [3.05, 3.63) is 174 Å². The van der Waals surface area contributed by atoms with Gasteiger partial charge in [-0.2, -0.15) is 0 Å². The van der Waals surface area contributed by atoms with E-state index in [1.807, 2.05) is 54.6 Å². The van der Waals surface area contributed by atoms with E-state index in [2.05, 4.69) is 46.7 Å². The second kappa shape index (κ2) is 16.0. The van der Waals surface area contributed by atoms with Gasteiger partial charge in [0.15, 0.2) is 0 Å². The zero-order chi connectivity index (χ0) is 36.2. The van der Waals surface area contributed by atoms with Crippen LogP contribution < -0.4 is 38.2 Å². The highest BCUT2D eigenvalue weighted by atomic mass is 79.9. The fourth-order valence-corrected chi connectivity index (χ4v) is 11.1. The van der Waals surface area contributed by atoms with Crippen molar-refractivity contribution in [1.82, 2.24) is 4.98 Å². The van der Waals surface area contributed by atoms with Crippen molar-refractivity contribution in [2.75, 3.05) is 11.5 Å². The Kier molecular flexibility index (Phi) is 11.2. The van der Waals surface area contributed by atoms with Crippen molar-refractivity contribution < 1.29 is 40.5 Å². The molecule has 0 bridgehead atoms. The number of hydrogen-bond acceptors (Lipinski definition) is 3. The maximum absolute atomic E-state index is 15.6. The fraction of sp³-hybridized carbons (Fsp3) is 0.0682. The first-order valence-electron chi connectivity index (χ1n) is 16.8. The number of hydrogen-bond donors (Lipinski definition) is 2. The maximum Gasteiger partial charge on any atom is 0.336 e. The van der Waals surface area contributed by atoms with Crippen LogP contribution in [0.3, 0.4) is 0 Å². The lowest BCUT2D eigenvalue weighted by Crippen LogP contribution is -3.00. The predicted octanol–water partition coefficient (Wildman–Crippen LogP) is 6.18. The van der Waals surface area contributed by atoms with Crippen LogP contribution in [0.5, 0.6) is 0 Å². The summed E-state index contributed by atoms with van der Waals surface area (Å²) in [6.07, 6.45) is 0.832. The molecule has 264 valence electrons. The Balaban J connectivity index is 0.00000481. The minimum Gasteiger partial charge on any atom is -1.00 e. The number of carboxylic acids is 1. The number of benzene rings is 6. The molecule has 0 spiro atoms. The summed E-state index contributed by atoms with van der Waals surface area (Å²) in [7, 11) is -2.20. The lowest BCUT2D eigenvalue weighted by molar-refractivity contribution is -0.115. The van der Waals surface area contributed by atoms with E-state index in [1.54, 1.807) is 43.3 Å². The first-order valence-corrected chi connectivity index (χ1v) is 18.8. The molecule has 0 aliphatic heterocycles. The number of carboxylic acid groups (broad SMARTS) is 1. The van der Waals surface area contributed by atoms with Gasteiger partial charge in [0.2, 0.25) is 5.91 Å². The molecule has 0 aliphatic carbocycles. The van der Waals surface area contributed by atoms with Crippen molar-refractivity contribution in [2.24, 2.45) is 0 Å². The minimum atomic E-state index is -2.20. The van der Waals surface area contributed by atoms with Gasteiger partial charge >= 0.3 is 5.97 Å². The third-order valence-corrected chi connectivity index (χ3v) is 13.8. The van der Waals surface area contributed by atoms with Gasteiger partial charge in [-0.25, -0.2) is 18.6 Å². The quantitative estimate of drug-likeness (QED) is 0.163. The zero-order valence-corrected chi connectivity index (χ0v) is 31.1. The number of aromatic carboxylic acids is 1. The Hall–Kier alpha value is -5.56. The molecule has 0 unspecified atom stereocenters. The molecule has 9 heteroatoms. The Labute approximate surface area is 317 Å². The van der Waals surface area contributed by atoms with Crippen LogP contribution in [0.25, 0.3) is 33.3 Å². The van der Waals surface area contributed by atoms with E-state index < -0.39 is 24.9 Å². The largest absolute Gasteiger partial charge is 1.00 e. The zero-order valence-electron chi connectivity index (χ0n) is 28.6. The normalized spacial score (nSPS) is 11.2. The number of nitrogens with zero attached hydrogens (tertiary/aromatic N) is 1. The molecule has 1 aromatic heterocycles. The molecule has 2 N–H and O–H groups in total. The van der Waals surface area contributed by atoms with Crippen LogP contribution in [-0.4, -0.2) is 28.1 Å². The summed E-state index contributed by atoms with van der Waals surface area (Å²) < 4.78 is 29.6. The van der Waals surface area contributed by atoms with E-state index in [1.165, 1.54) is 40.2 Å². The van der Waals surface area contributed by atoms with Crippen LogP contribution in [0.1, 0.15) is 22.3 Å². The second-order valence-corrected chi connectivity index (χ2v) is 16.2. The maximum atomic E-state index is 15.6. The second-order valence-electron chi connectivity index (χ2n) is 12.5. The predicted molar refractivity (Wildman–Crippen MR) is 207 cm³/mol. The van der Waals surface area contributed by atoms with Crippen molar-refractivity contribution >= 4 is 51.6 Å². The van der Waals surface area contributed by atoms with E-state index in [0.29, 0.717) is 45.3 Å². The van der Waals surface area contributed by atoms with E-state index in [0.717, 1.165) is 0 Å². The topological polar surface area (TPSA) is 79.3 Å². The molecule has 6 aromatic carbocycles. The third kappa shape index (κ3) is 7.52. The van der Waals surface area contributed by atoms with Crippen LogP contribution in [0.2, 0.25) is 0 Å². The number of rotatable bonds is 10. The van der Waals surface area contributed by atoms with Crippen molar-refractivity contribution in [2.45, 2.75) is 13.3 Å². The van der Waals surface area contributed by atoms with Crippen LogP contribution in [-0.2, 0) is 4.79 Å². The molecule has 0 aliphatic rings. The average molecular weight is 788 g/mol. The summed E-state index contributed by atoms with van der Waals surface area (Å²) in [4.78, 5) is 30.3. The number of pyridine rings is 1. The van der Waals surface area contributed by atoms with Gasteiger partial charge in [-0.3, -0.25) is 4.79 Å². The summed E-state index contributed by atoms with van der Waals surface area (Å²) in [6, 6.07) is 46.5. The monoisotopic (exact) mass is 786 g/mol. The Morgan fingerprint density at radius 3 is 1.77 bits per heavy atom. The number of carbonyl (C=O) groups excluding carboxylic acids is 1. The number of fused-ring (bicyclic) bond motifs is 1. The third-order valence-electron chi connectivity index (χ3n) is 9.39. The Morgan fingerprint density at radius 1 is 0.698 bits per heavy atom. The smallest absolute Gasteiger partial charge is 0.336 e. The molecule has 0 saturated carbocycles. The number of carbonyl (C=O) groups is 2. The first kappa shape index (κ1) is 37.2. The molecule has 0 fully saturated rings. The summed E-state index contributed by atoms with van der Waals surface area (Å²) >= 11 is 0. The highest BCUT2D eigenvalue weighted by Gasteiger charge is 2.45. The average Bonchev–Trinajstić information content (AvgIpc) is 3.16. The number of amides is 1. The summed E-state index contributed by atoms with van der Waals surface area (Å²) in [6.45, 7) is 1.64. The van der Waals surface area contributed by atoms with Gasteiger partial charge in [-0.15, -0.1) is 0 Å². The molecular weight excluding hydrogens is 753 g/mol. The number of nitrogens with one attached hydrogen (secondary N) is 1. The standard InChI is InChI=1S/C44H33F2N2O3P.BrH/c1-29-42(44(50)51)38-27-32(45)21-24-40(38)48-43(29)31-19-17-30(18-20-31)37-23-22-33(28-39(37)46)47-41(49)25-26-52(34-11-5-2-6-12-34,35-13-7-3-8-14-35)36-15-9-4-10-16-36;/h2-24,27-28H,25-26H2,1H3,(H-,47,48,49,50,51);1H. The Bertz CT molecular complexity index is 2320. The highest BCUT2D eigenvalue weighted by molar-refractivity contribution is 7.95. The lowest BCUT2D eigenvalue weighted by atomic mass is 9.96. The van der Waals surface area contributed by atoms with Gasteiger partial charge in [-0.05, 0) is 90.8 Å². The molecule has 0 atom stereocenters. The molecule has 7 aromatic rings. The van der Waals surface area contributed by atoms with Gasteiger partial charge in [0, 0.05) is 22.2 Å². The fourth-order valence-electron chi connectivity index (χ4n) is 6.90. The van der Waals surface area contributed by atoms with E-state index >= 15 is 4.39 Å². The molecule has 7 rings (SSSR count). The SMILES string of the molecule is Cc1c(-c2ccc(-c3ccc(NC(=O)CC[P+](c4ccccc4)(c4ccccc4)c4ccccc4)cc3F)cc2)nc2ccc(F)cc2c1C(=O)O.[Br-]. The minimum absolute atomic E-state index is 0. The van der Waals surface area contributed by atoms with Crippen LogP contribution in [0, 0.1) is 18.6 Å². The van der Waals surface area contributed by atoms with Gasteiger partial charge in [-0.1, -0.05) is 78.9 Å². The van der Waals surface area contributed by atoms with E-state index in [4.69, 9.17) is 0 Å². The van der Waals surface area contributed by atoms with Crippen molar-refractivity contribution in [1.29, 1.82) is 0 Å². The molecule has 0 saturated heterocycles. The molecule has 1 amide bonds. The van der Waals surface area contributed by atoms with Crippen LogP contribution in [0.15, 0.2) is 152 Å². The summed E-state index contributed by atoms with van der Waals surface area (Å²) in [5.41, 5.74) is 3.14. The van der Waals surface area contributed by atoms with E-state index in [9.17, 15) is 19.1 Å². The highest BCUT2D eigenvalue weighted by Crippen LogP contribution is 2.55. The molecule has 5 nitrogen and oxygen atoms in total. The van der Waals surface area contributed by atoms with Crippen LogP contribution in [0.4, 0.5) is 14.5 Å². The van der Waals surface area contributed by atoms with Gasteiger partial charge < -0.3 is 27.4 Å².